The zero-order chi connectivity index (χ0) is 36.1. The van der Waals surface area contributed by atoms with Gasteiger partial charge in [-0.15, -0.1) is 0 Å². The zero-order valence-electron chi connectivity index (χ0n) is 27.2. The van der Waals surface area contributed by atoms with Crippen LogP contribution < -0.4 is 9.62 Å². The van der Waals surface area contributed by atoms with Gasteiger partial charge in [0, 0.05) is 24.0 Å². The highest BCUT2D eigenvalue weighted by Gasteiger charge is 2.38. The minimum atomic E-state index is -4.91. The van der Waals surface area contributed by atoms with Gasteiger partial charge >= 0.3 is 6.18 Å². The molecule has 0 aliphatic heterocycles. The van der Waals surface area contributed by atoms with E-state index >= 15 is 0 Å². The molecule has 2 amide bonds. The molecule has 13 heteroatoms. The lowest BCUT2D eigenvalue weighted by molar-refractivity contribution is -0.140. The van der Waals surface area contributed by atoms with Crippen molar-refractivity contribution in [3.8, 4) is 0 Å². The van der Waals surface area contributed by atoms with E-state index in [1.54, 1.807) is 55.5 Å². The Morgan fingerprint density at radius 2 is 1.52 bits per heavy atom. The first-order chi connectivity index (χ1) is 23.7. The first-order valence-corrected chi connectivity index (χ1v) is 18.3. The summed E-state index contributed by atoms with van der Waals surface area (Å²) in [5, 5.41) is 2.76. The maximum absolute atomic E-state index is 14.6. The lowest BCUT2D eigenvalue weighted by Crippen LogP contribution is -2.54. The molecular formula is C37H36Cl2F3N3O4S. The van der Waals surface area contributed by atoms with Crippen molar-refractivity contribution < 1.29 is 31.2 Å². The van der Waals surface area contributed by atoms with Crippen molar-refractivity contribution in [3.05, 3.63) is 129 Å². The Balaban J connectivity index is 1.62. The summed E-state index contributed by atoms with van der Waals surface area (Å²) in [6.45, 7) is 0.644. The molecule has 0 heterocycles. The maximum atomic E-state index is 14.6. The van der Waals surface area contributed by atoms with Gasteiger partial charge in [-0.05, 0) is 67.3 Å². The Morgan fingerprint density at radius 3 is 2.16 bits per heavy atom. The third-order valence-corrected chi connectivity index (χ3v) is 11.2. The van der Waals surface area contributed by atoms with E-state index in [-0.39, 0.29) is 23.9 Å². The average Bonchev–Trinajstić information content (AvgIpc) is 3.59. The van der Waals surface area contributed by atoms with Crippen LogP contribution in [0.1, 0.15) is 47.9 Å². The molecule has 1 atom stereocenters. The van der Waals surface area contributed by atoms with Gasteiger partial charge in [0.1, 0.15) is 12.6 Å². The third-order valence-electron chi connectivity index (χ3n) is 8.70. The Labute approximate surface area is 300 Å². The molecule has 1 N–H and O–H groups in total. The molecule has 7 nitrogen and oxygen atoms in total. The summed E-state index contributed by atoms with van der Waals surface area (Å²) < 4.78 is 71.1. The molecule has 264 valence electrons. The number of carbonyl (C=O) groups excluding carboxylic acids is 2. The minimum Gasteiger partial charge on any atom is -0.352 e. The van der Waals surface area contributed by atoms with Gasteiger partial charge in [-0.2, -0.15) is 13.2 Å². The van der Waals surface area contributed by atoms with Crippen LogP contribution in [0.2, 0.25) is 10.0 Å². The van der Waals surface area contributed by atoms with Gasteiger partial charge in [0.05, 0.1) is 21.2 Å². The average molecular weight is 747 g/mol. The second-order valence-electron chi connectivity index (χ2n) is 12.3. The van der Waals surface area contributed by atoms with Crippen LogP contribution in [0, 0.1) is 6.92 Å². The standard InChI is InChI=1S/C37H36Cl2F3N3O4S/c1-25-15-18-30(19-16-25)50(48,49)45(29-17-20-33(39)31(22-29)37(40,41)42)24-35(46)44(23-27-11-5-8-14-32(27)38)34(21-26-9-3-2-4-10-26)36(47)43-28-12-6-7-13-28/h2-5,8-11,14-20,22,28,34H,6-7,12-13,21,23-24H2,1H3,(H,43,47)/t34-/m0/s1. The van der Waals surface area contributed by atoms with E-state index in [4.69, 9.17) is 23.2 Å². The first kappa shape index (κ1) is 37.2. The summed E-state index contributed by atoms with van der Waals surface area (Å²) in [5.41, 5.74) is 0.295. The van der Waals surface area contributed by atoms with Gasteiger partial charge in [-0.3, -0.25) is 13.9 Å². The van der Waals surface area contributed by atoms with Gasteiger partial charge < -0.3 is 10.2 Å². The number of sulfonamides is 1. The largest absolute Gasteiger partial charge is 0.417 e. The van der Waals surface area contributed by atoms with Crippen molar-refractivity contribution >= 4 is 50.7 Å². The number of nitrogens with zero attached hydrogens (tertiary/aromatic N) is 2. The smallest absolute Gasteiger partial charge is 0.352 e. The van der Waals surface area contributed by atoms with E-state index in [1.165, 1.54) is 17.0 Å². The molecule has 1 fully saturated rings. The number of anilines is 1. The van der Waals surface area contributed by atoms with Gasteiger partial charge in [0.25, 0.3) is 10.0 Å². The zero-order valence-corrected chi connectivity index (χ0v) is 29.5. The normalized spacial score (nSPS) is 14.3. The van der Waals surface area contributed by atoms with Crippen LogP contribution in [0.4, 0.5) is 18.9 Å². The highest BCUT2D eigenvalue weighted by atomic mass is 35.5. The number of halogens is 5. The molecule has 1 saturated carbocycles. The number of aryl methyl sites for hydroxylation is 1. The van der Waals surface area contributed by atoms with E-state index in [1.807, 2.05) is 18.2 Å². The minimum absolute atomic E-state index is 0.0828. The SMILES string of the molecule is Cc1ccc(S(=O)(=O)N(CC(=O)N(Cc2ccccc2Cl)[C@@H](Cc2ccccc2)C(=O)NC2CCCC2)c2ccc(Cl)c(C(F)(F)F)c2)cc1. The molecule has 0 aromatic heterocycles. The molecule has 4 aromatic carbocycles. The fourth-order valence-corrected chi connectivity index (χ4v) is 7.81. The van der Waals surface area contributed by atoms with Crippen LogP contribution in [-0.2, 0) is 38.8 Å². The van der Waals surface area contributed by atoms with Crippen molar-refractivity contribution in [2.75, 3.05) is 10.8 Å². The van der Waals surface area contributed by atoms with Crippen LogP contribution in [-0.4, -0.2) is 43.8 Å². The summed E-state index contributed by atoms with van der Waals surface area (Å²) in [6, 6.07) is 23.0. The summed E-state index contributed by atoms with van der Waals surface area (Å²) in [5.74, 6) is -1.26. The van der Waals surface area contributed by atoms with Crippen LogP contribution in [0.3, 0.4) is 0 Å². The molecule has 1 aliphatic rings. The first-order valence-electron chi connectivity index (χ1n) is 16.1. The molecule has 0 unspecified atom stereocenters. The van der Waals surface area contributed by atoms with Crippen LogP contribution in [0.25, 0.3) is 0 Å². The van der Waals surface area contributed by atoms with Crippen molar-refractivity contribution in [3.63, 3.8) is 0 Å². The van der Waals surface area contributed by atoms with Crippen molar-refractivity contribution in [1.82, 2.24) is 10.2 Å². The van der Waals surface area contributed by atoms with Gasteiger partial charge in [0.2, 0.25) is 11.8 Å². The quantitative estimate of drug-likeness (QED) is 0.158. The van der Waals surface area contributed by atoms with E-state index in [0.717, 1.165) is 48.9 Å². The van der Waals surface area contributed by atoms with E-state index in [0.29, 0.717) is 21.0 Å². The molecule has 4 aromatic rings. The monoisotopic (exact) mass is 745 g/mol. The number of benzene rings is 4. The number of amides is 2. The third kappa shape index (κ3) is 8.99. The van der Waals surface area contributed by atoms with Gasteiger partial charge in [-0.25, -0.2) is 8.42 Å². The summed E-state index contributed by atoms with van der Waals surface area (Å²) in [4.78, 5) is 29.8. The van der Waals surface area contributed by atoms with E-state index < -0.39 is 56.9 Å². The molecule has 0 saturated heterocycles. The predicted molar refractivity (Wildman–Crippen MR) is 188 cm³/mol. The fourth-order valence-electron chi connectivity index (χ4n) is 5.98. The molecule has 50 heavy (non-hydrogen) atoms. The number of hydrogen-bond acceptors (Lipinski definition) is 4. The number of hydrogen-bond donors (Lipinski definition) is 1. The Hall–Kier alpha value is -4.06. The summed E-state index contributed by atoms with van der Waals surface area (Å²) >= 11 is 12.4. The van der Waals surface area contributed by atoms with E-state index in [9.17, 15) is 31.2 Å². The van der Waals surface area contributed by atoms with Crippen LogP contribution in [0.15, 0.2) is 102 Å². The number of alkyl halides is 3. The van der Waals surface area contributed by atoms with Gasteiger partial charge in [0.15, 0.2) is 0 Å². The Morgan fingerprint density at radius 1 is 0.880 bits per heavy atom. The highest BCUT2D eigenvalue weighted by molar-refractivity contribution is 7.92. The Bertz CT molecular complexity index is 1920. The summed E-state index contributed by atoms with van der Waals surface area (Å²) in [6.07, 6.45) is -1.37. The number of nitrogens with one attached hydrogen (secondary N) is 1. The van der Waals surface area contributed by atoms with Crippen molar-refractivity contribution in [2.24, 2.45) is 0 Å². The topological polar surface area (TPSA) is 86.8 Å². The second-order valence-corrected chi connectivity index (χ2v) is 15.0. The predicted octanol–water partition coefficient (Wildman–Crippen LogP) is 8.21. The molecule has 5 rings (SSSR count). The molecule has 1 aliphatic carbocycles. The summed E-state index contributed by atoms with van der Waals surface area (Å²) in [7, 11) is -4.63. The fraction of sp³-hybridized carbons (Fsp3) is 0.297. The lowest BCUT2D eigenvalue weighted by Gasteiger charge is -2.34. The maximum Gasteiger partial charge on any atom is 0.417 e. The number of rotatable bonds is 12. The second kappa shape index (κ2) is 15.9. The number of carbonyl (C=O) groups is 2. The van der Waals surface area contributed by atoms with Crippen molar-refractivity contribution in [1.29, 1.82) is 0 Å². The highest BCUT2D eigenvalue weighted by Crippen LogP contribution is 2.38. The Kier molecular flexibility index (Phi) is 11.8. The van der Waals surface area contributed by atoms with Crippen molar-refractivity contribution in [2.45, 2.75) is 68.7 Å². The molecular weight excluding hydrogens is 710 g/mol. The van der Waals surface area contributed by atoms with Crippen LogP contribution >= 0.6 is 23.2 Å². The molecule has 0 spiro atoms. The lowest BCUT2D eigenvalue weighted by atomic mass is 10.0. The van der Waals surface area contributed by atoms with E-state index in [2.05, 4.69) is 5.32 Å². The van der Waals surface area contributed by atoms with Gasteiger partial charge in [-0.1, -0.05) is 102 Å². The molecule has 0 radical (unpaired) electrons. The molecule has 0 bridgehead atoms. The van der Waals surface area contributed by atoms with Crippen LogP contribution in [0.5, 0.6) is 0 Å².